The number of hydrogen-bond donors (Lipinski definition) is 2. The minimum absolute atomic E-state index is 0.535. The summed E-state index contributed by atoms with van der Waals surface area (Å²) < 4.78 is 0. The van der Waals surface area contributed by atoms with Crippen molar-refractivity contribution in [1.29, 1.82) is 0 Å². The Hall–Kier alpha value is -0.770. The second-order valence-corrected chi connectivity index (χ2v) is 5.31. The summed E-state index contributed by atoms with van der Waals surface area (Å²) in [7, 11) is 0. The molecule has 0 atom stereocenters. The third-order valence-corrected chi connectivity index (χ3v) is 3.14. The molecule has 0 aliphatic heterocycles. The van der Waals surface area contributed by atoms with Crippen molar-refractivity contribution in [2.24, 2.45) is 5.92 Å². The summed E-state index contributed by atoms with van der Waals surface area (Å²) in [5.41, 5.74) is 1.77. The Morgan fingerprint density at radius 1 is 1.29 bits per heavy atom. The van der Waals surface area contributed by atoms with Crippen LogP contribution in [0.15, 0.2) is 12.1 Å². The lowest BCUT2D eigenvalue weighted by atomic mass is 10.2. The molecule has 2 N–H and O–H groups in total. The molecular weight excluding hydrogens is 257 g/mol. The van der Waals surface area contributed by atoms with Crippen molar-refractivity contribution < 1.29 is 0 Å². The van der Waals surface area contributed by atoms with Gasteiger partial charge in [-0.25, -0.2) is 4.98 Å². The minimum Gasteiger partial charge on any atom is -0.341 e. The average Bonchev–Trinajstić information content (AvgIpc) is 2.60. The van der Waals surface area contributed by atoms with E-state index >= 15 is 0 Å². The number of rotatable bonds is 4. The molecule has 1 aromatic carbocycles. The molecule has 2 rings (SSSR count). The number of nitrogens with zero attached hydrogens (tertiary/aromatic N) is 1. The Morgan fingerprint density at radius 3 is 2.71 bits per heavy atom. The van der Waals surface area contributed by atoms with E-state index in [0.717, 1.165) is 29.9 Å². The number of aromatic nitrogens is 2. The molecule has 3 nitrogen and oxygen atoms in total. The number of fused-ring (bicyclic) bond motifs is 1. The highest BCUT2D eigenvalue weighted by Gasteiger charge is 2.06. The number of aromatic amines is 1. The molecule has 0 saturated heterocycles. The molecule has 0 spiro atoms. The minimum atomic E-state index is 0.535. The lowest BCUT2D eigenvalue weighted by molar-refractivity contribution is 0.545. The van der Waals surface area contributed by atoms with Gasteiger partial charge in [-0.15, -0.1) is 0 Å². The number of nitrogens with one attached hydrogen (secondary N) is 2. The van der Waals surface area contributed by atoms with Crippen molar-refractivity contribution >= 4 is 34.2 Å². The Morgan fingerprint density at radius 2 is 2.00 bits per heavy atom. The van der Waals surface area contributed by atoms with E-state index in [4.69, 9.17) is 23.2 Å². The third kappa shape index (κ3) is 3.12. The van der Waals surface area contributed by atoms with Gasteiger partial charge in [-0.3, -0.25) is 0 Å². The molecule has 0 aliphatic rings. The molecule has 0 unspecified atom stereocenters. The second-order valence-electron chi connectivity index (χ2n) is 4.49. The standard InChI is InChI=1S/C12H15Cl2N3/c1-7(2)5-15-6-12-16-10-3-8(13)9(14)4-11(10)17-12/h3-4,7,15H,5-6H2,1-2H3,(H,16,17). The maximum absolute atomic E-state index is 5.95. The van der Waals surface area contributed by atoms with Crippen LogP contribution in [0.1, 0.15) is 19.7 Å². The highest BCUT2D eigenvalue weighted by atomic mass is 35.5. The lowest BCUT2D eigenvalue weighted by Gasteiger charge is -2.04. The molecule has 1 aromatic heterocycles. The first kappa shape index (κ1) is 12.7. The average molecular weight is 272 g/mol. The molecule has 2 aromatic rings. The van der Waals surface area contributed by atoms with Gasteiger partial charge in [0.25, 0.3) is 0 Å². The first-order valence-corrected chi connectivity index (χ1v) is 6.36. The fourth-order valence-electron chi connectivity index (χ4n) is 1.62. The van der Waals surface area contributed by atoms with Gasteiger partial charge in [0.15, 0.2) is 0 Å². The largest absolute Gasteiger partial charge is 0.341 e. The summed E-state index contributed by atoms with van der Waals surface area (Å²) in [6.45, 7) is 6.04. The van der Waals surface area contributed by atoms with Gasteiger partial charge < -0.3 is 10.3 Å². The summed E-state index contributed by atoms with van der Waals surface area (Å²) in [4.78, 5) is 7.67. The molecule has 0 bridgehead atoms. The lowest BCUT2D eigenvalue weighted by Crippen LogP contribution is -2.19. The molecule has 0 amide bonds. The SMILES string of the molecule is CC(C)CNCc1nc2cc(Cl)c(Cl)cc2[nH]1. The molecule has 17 heavy (non-hydrogen) atoms. The molecule has 92 valence electrons. The smallest absolute Gasteiger partial charge is 0.121 e. The molecule has 0 aliphatic carbocycles. The van der Waals surface area contributed by atoms with Gasteiger partial charge in [-0.05, 0) is 24.6 Å². The maximum atomic E-state index is 5.95. The van der Waals surface area contributed by atoms with Crippen LogP contribution in [-0.4, -0.2) is 16.5 Å². The monoisotopic (exact) mass is 271 g/mol. The Kier molecular flexibility index (Phi) is 3.92. The van der Waals surface area contributed by atoms with Crippen LogP contribution in [0.5, 0.6) is 0 Å². The van der Waals surface area contributed by atoms with E-state index in [1.807, 2.05) is 0 Å². The fraction of sp³-hybridized carbons (Fsp3) is 0.417. The Balaban J connectivity index is 2.14. The van der Waals surface area contributed by atoms with Crippen LogP contribution in [0.3, 0.4) is 0 Å². The maximum Gasteiger partial charge on any atom is 0.121 e. The zero-order valence-electron chi connectivity index (χ0n) is 9.85. The molecule has 1 heterocycles. The normalized spacial score (nSPS) is 11.6. The van der Waals surface area contributed by atoms with Gasteiger partial charge in [0, 0.05) is 0 Å². The van der Waals surface area contributed by atoms with Crippen molar-refractivity contribution in [1.82, 2.24) is 15.3 Å². The zero-order valence-corrected chi connectivity index (χ0v) is 11.4. The molecule has 0 fully saturated rings. The van der Waals surface area contributed by atoms with E-state index in [9.17, 15) is 0 Å². The van der Waals surface area contributed by atoms with Crippen LogP contribution in [0.2, 0.25) is 10.0 Å². The van der Waals surface area contributed by atoms with Crippen molar-refractivity contribution in [3.05, 3.63) is 28.0 Å². The quantitative estimate of drug-likeness (QED) is 0.892. The Bertz CT molecular complexity index is 481. The van der Waals surface area contributed by atoms with Gasteiger partial charge in [-0.2, -0.15) is 0 Å². The van der Waals surface area contributed by atoms with Crippen molar-refractivity contribution in [2.45, 2.75) is 20.4 Å². The highest BCUT2D eigenvalue weighted by molar-refractivity contribution is 6.42. The zero-order chi connectivity index (χ0) is 12.4. The summed E-state index contributed by atoms with van der Waals surface area (Å²) in [6.07, 6.45) is 0. The summed E-state index contributed by atoms with van der Waals surface area (Å²) in [6, 6.07) is 3.58. The number of benzene rings is 1. The van der Waals surface area contributed by atoms with Crippen LogP contribution in [0.25, 0.3) is 11.0 Å². The second kappa shape index (κ2) is 5.25. The van der Waals surface area contributed by atoms with Crippen LogP contribution in [0.4, 0.5) is 0 Å². The number of hydrogen-bond acceptors (Lipinski definition) is 2. The van der Waals surface area contributed by atoms with E-state index in [-0.39, 0.29) is 0 Å². The summed E-state index contributed by atoms with van der Waals surface area (Å²) in [5.74, 6) is 1.53. The van der Waals surface area contributed by atoms with Gasteiger partial charge in [0.05, 0.1) is 27.6 Å². The first-order valence-electron chi connectivity index (χ1n) is 5.60. The number of halogens is 2. The van der Waals surface area contributed by atoms with Crippen LogP contribution < -0.4 is 5.32 Å². The van der Waals surface area contributed by atoms with Gasteiger partial charge in [0.2, 0.25) is 0 Å². The van der Waals surface area contributed by atoms with Gasteiger partial charge >= 0.3 is 0 Å². The predicted molar refractivity (Wildman–Crippen MR) is 72.7 cm³/mol. The number of H-pyrrole nitrogens is 1. The van der Waals surface area contributed by atoms with Crippen molar-refractivity contribution in [3.8, 4) is 0 Å². The summed E-state index contributed by atoms with van der Waals surface area (Å²) in [5, 5.41) is 4.41. The van der Waals surface area contributed by atoms with Crippen LogP contribution >= 0.6 is 23.2 Å². The molecule has 5 heteroatoms. The predicted octanol–water partition coefficient (Wildman–Crippen LogP) is 3.62. The fourth-order valence-corrected chi connectivity index (χ4v) is 1.94. The first-order chi connectivity index (χ1) is 8.06. The summed E-state index contributed by atoms with van der Waals surface area (Å²) >= 11 is 11.9. The Labute approximate surface area is 111 Å². The van der Waals surface area contributed by atoms with Gasteiger partial charge in [0.1, 0.15) is 5.82 Å². The highest BCUT2D eigenvalue weighted by Crippen LogP contribution is 2.26. The van der Waals surface area contributed by atoms with Gasteiger partial charge in [-0.1, -0.05) is 37.0 Å². The van der Waals surface area contributed by atoms with E-state index in [2.05, 4.69) is 29.1 Å². The number of imidazole rings is 1. The van der Waals surface area contributed by atoms with E-state index < -0.39 is 0 Å². The van der Waals surface area contributed by atoms with Crippen molar-refractivity contribution in [3.63, 3.8) is 0 Å². The van der Waals surface area contributed by atoms with E-state index in [1.54, 1.807) is 12.1 Å². The molecular formula is C12H15Cl2N3. The molecule has 0 saturated carbocycles. The van der Waals surface area contributed by atoms with Crippen LogP contribution in [0, 0.1) is 5.92 Å². The third-order valence-electron chi connectivity index (χ3n) is 2.42. The topological polar surface area (TPSA) is 40.7 Å². The van der Waals surface area contributed by atoms with E-state index in [0.29, 0.717) is 16.0 Å². The van der Waals surface area contributed by atoms with Crippen LogP contribution in [-0.2, 0) is 6.54 Å². The van der Waals surface area contributed by atoms with Crippen molar-refractivity contribution in [2.75, 3.05) is 6.54 Å². The molecule has 0 radical (unpaired) electrons. The van der Waals surface area contributed by atoms with E-state index in [1.165, 1.54) is 0 Å².